The van der Waals surface area contributed by atoms with Gasteiger partial charge in [-0.05, 0) is 23.8 Å². The van der Waals surface area contributed by atoms with Crippen LogP contribution in [0, 0.1) is 22.7 Å². The predicted octanol–water partition coefficient (Wildman–Crippen LogP) is 0.349. The molecule has 5 nitrogen and oxygen atoms in total. The van der Waals surface area contributed by atoms with E-state index in [0.29, 0.717) is 16.7 Å². The molecule has 0 radical (unpaired) electrons. The van der Waals surface area contributed by atoms with E-state index in [0.717, 1.165) is 5.01 Å². The topological polar surface area (TPSA) is 103 Å². The summed E-state index contributed by atoms with van der Waals surface area (Å²) in [4.78, 5) is 0. The first kappa shape index (κ1) is 11.9. The SMILES string of the molecule is N#Cc1cccc(CN(N)C(N)=S)c1C#N. The molecule has 0 spiro atoms. The van der Waals surface area contributed by atoms with E-state index in [4.69, 9.17) is 22.1 Å². The lowest BCUT2D eigenvalue weighted by molar-refractivity contribution is 0.437. The van der Waals surface area contributed by atoms with E-state index in [9.17, 15) is 0 Å². The number of hydrogen-bond donors (Lipinski definition) is 2. The van der Waals surface area contributed by atoms with Gasteiger partial charge >= 0.3 is 0 Å². The van der Waals surface area contributed by atoms with Crippen LogP contribution < -0.4 is 11.6 Å². The number of thiocarbonyl (C=S) groups is 1. The van der Waals surface area contributed by atoms with Crippen LogP contribution in [0.1, 0.15) is 16.7 Å². The van der Waals surface area contributed by atoms with E-state index in [-0.39, 0.29) is 11.7 Å². The molecule has 0 heterocycles. The monoisotopic (exact) mass is 231 g/mol. The fourth-order valence-electron chi connectivity index (χ4n) is 1.22. The summed E-state index contributed by atoms with van der Waals surface area (Å²) in [5.74, 6) is 5.54. The Balaban J connectivity index is 3.12. The number of rotatable bonds is 2. The molecule has 0 aliphatic heterocycles. The fraction of sp³-hybridized carbons (Fsp3) is 0.100. The average molecular weight is 231 g/mol. The lowest BCUT2D eigenvalue weighted by Crippen LogP contribution is -2.40. The van der Waals surface area contributed by atoms with Crippen LogP contribution in [0.25, 0.3) is 0 Å². The molecule has 0 aliphatic carbocycles. The van der Waals surface area contributed by atoms with Crippen LogP contribution in [0.3, 0.4) is 0 Å². The molecule has 16 heavy (non-hydrogen) atoms. The summed E-state index contributed by atoms with van der Waals surface area (Å²) in [6.07, 6.45) is 0. The number of nitrogens with two attached hydrogens (primary N) is 2. The van der Waals surface area contributed by atoms with Gasteiger partial charge in [0.25, 0.3) is 0 Å². The molecule has 1 rings (SSSR count). The van der Waals surface area contributed by atoms with Gasteiger partial charge in [0.1, 0.15) is 12.1 Å². The third-order valence-electron chi connectivity index (χ3n) is 2.01. The molecule has 1 aromatic carbocycles. The predicted molar refractivity (Wildman–Crippen MR) is 62.4 cm³/mol. The van der Waals surface area contributed by atoms with Crippen LogP contribution in [-0.2, 0) is 6.54 Å². The van der Waals surface area contributed by atoms with Crippen LogP contribution in [0.5, 0.6) is 0 Å². The molecule has 0 fully saturated rings. The summed E-state index contributed by atoms with van der Waals surface area (Å²) < 4.78 is 0. The Bertz CT molecular complexity index is 497. The van der Waals surface area contributed by atoms with Gasteiger partial charge in [0, 0.05) is 0 Å². The van der Waals surface area contributed by atoms with Crippen molar-refractivity contribution in [3.63, 3.8) is 0 Å². The van der Waals surface area contributed by atoms with Gasteiger partial charge in [0.15, 0.2) is 5.11 Å². The minimum absolute atomic E-state index is 0.0336. The van der Waals surface area contributed by atoms with Gasteiger partial charge in [-0.3, -0.25) is 5.01 Å². The number of nitriles is 2. The molecule has 1 aromatic rings. The van der Waals surface area contributed by atoms with Gasteiger partial charge in [-0.1, -0.05) is 12.1 Å². The van der Waals surface area contributed by atoms with Crippen molar-refractivity contribution in [1.29, 1.82) is 10.5 Å². The summed E-state index contributed by atoms with van der Waals surface area (Å²) in [7, 11) is 0. The molecule has 6 heteroatoms. The zero-order valence-corrected chi connectivity index (χ0v) is 9.16. The number of hydrazine groups is 1. The lowest BCUT2D eigenvalue weighted by Gasteiger charge is -2.16. The zero-order chi connectivity index (χ0) is 12.1. The standard InChI is InChI=1S/C10H9N5S/c11-4-7-2-1-3-8(9(7)5-12)6-15(14)10(13)16/h1-3H,6,14H2,(H2,13,16). The molecular weight excluding hydrogens is 222 g/mol. The largest absolute Gasteiger partial charge is 0.375 e. The van der Waals surface area contributed by atoms with Crippen LogP contribution >= 0.6 is 12.2 Å². The van der Waals surface area contributed by atoms with Gasteiger partial charge in [-0.25, -0.2) is 5.84 Å². The highest BCUT2D eigenvalue weighted by atomic mass is 32.1. The molecule has 0 atom stereocenters. The van der Waals surface area contributed by atoms with Crippen molar-refractivity contribution in [1.82, 2.24) is 5.01 Å². The van der Waals surface area contributed by atoms with Gasteiger partial charge < -0.3 is 5.73 Å². The van der Waals surface area contributed by atoms with Crippen molar-refractivity contribution in [2.75, 3.05) is 0 Å². The Labute approximate surface area is 98.4 Å². The molecule has 0 saturated carbocycles. The molecule has 4 N–H and O–H groups in total. The second-order valence-corrected chi connectivity index (χ2v) is 3.45. The smallest absolute Gasteiger partial charge is 0.180 e. The van der Waals surface area contributed by atoms with E-state index in [2.05, 4.69) is 12.2 Å². The second kappa shape index (κ2) is 5.08. The van der Waals surface area contributed by atoms with Gasteiger partial charge in [-0.15, -0.1) is 0 Å². The third kappa shape index (κ3) is 2.45. The fourth-order valence-corrected chi connectivity index (χ4v) is 1.28. The summed E-state index contributed by atoms with van der Waals surface area (Å²) in [5.41, 5.74) is 6.57. The summed E-state index contributed by atoms with van der Waals surface area (Å²) in [6, 6.07) is 8.88. The van der Waals surface area contributed by atoms with Crippen molar-refractivity contribution in [3.05, 3.63) is 34.9 Å². The average Bonchev–Trinajstić information content (AvgIpc) is 2.28. The van der Waals surface area contributed by atoms with Crippen molar-refractivity contribution in [2.24, 2.45) is 11.6 Å². The van der Waals surface area contributed by atoms with Crippen LogP contribution in [0.4, 0.5) is 0 Å². The Morgan fingerprint density at radius 3 is 2.56 bits per heavy atom. The van der Waals surface area contributed by atoms with Crippen LogP contribution in [0.2, 0.25) is 0 Å². The highest BCUT2D eigenvalue weighted by Crippen LogP contribution is 2.14. The maximum atomic E-state index is 8.96. The Morgan fingerprint density at radius 1 is 1.38 bits per heavy atom. The molecule has 0 bridgehead atoms. The normalized spacial score (nSPS) is 8.94. The highest BCUT2D eigenvalue weighted by molar-refractivity contribution is 7.80. The Kier molecular flexibility index (Phi) is 3.78. The van der Waals surface area contributed by atoms with Gasteiger partial charge in [0.2, 0.25) is 0 Å². The minimum atomic E-state index is 0.0336. The first-order valence-corrected chi connectivity index (χ1v) is 4.74. The van der Waals surface area contributed by atoms with E-state index in [1.54, 1.807) is 18.2 Å². The molecule has 80 valence electrons. The van der Waals surface area contributed by atoms with Gasteiger partial charge in [0.05, 0.1) is 17.7 Å². The van der Waals surface area contributed by atoms with Crippen molar-refractivity contribution < 1.29 is 0 Å². The van der Waals surface area contributed by atoms with E-state index >= 15 is 0 Å². The maximum Gasteiger partial charge on any atom is 0.180 e. The minimum Gasteiger partial charge on any atom is -0.375 e. The molecule has 0 aliphatic rings. The zero-order valence-electron chi connectivity index (χ0n) is 8.34. The van der Waals surface area contributed by atoms with Crippen LogP contribution in [0.15, 0.2) is 18.2 Å². The van der Waals surface area contributed by atoms with E-state index in [1.807, 2.05) is 12.1 Å². The maximum absolute atomic E-state index is 8.96. The van der Waals surface area contributed by atoms with Gasteiger partial charge in [-0.2, -0.15) is 10.5 Å². The molecule has 0 amide bonds. The second-order valence-electron chi connectivity index (χ2n) is 3.03. The van der Waals surface area contributed by atoms with Crippen LogP contribution in [-0.4, -0.2) is 10.1 Å². The number of benzene rings is 1. The molecule has 0 unspecified atom stereocenters. The summed E-state index contributed by atoms with van der Waals surface area (Å²) in [5, 5.41) is 19.0. The van der Waals surface area contributed by atoms with Crippen molar-refractivity contribution in [2.45, 2.75) is 6.54 Å². The van der Waals surface area contributed by atoms with E-state index < -0.39 is 0 Å². The summed E-state index contributed by atoms with van der Waals surface area (Å²) >= 11 is 4.69. The first-order valence-electron chi connectivity index (χ1n) is 4.34. The first-order chi connectivity index (χ1) is 7.60. The third-order valence-corrected chi connectivity index (χ3v) is 2.24. The Morgan fingerprint density at radius 2 is 2.06 bits per heavy atom. The lowest BCUT2D eigenvalue weighted by atomic mass is 10.0. The number of hydrogen-bond acceptors (Lipinski definition) is 4. The molecular formula is C10H9N5S. The number of nitrogens with zero attached hydrogens (tertiary/aromatic N) is 3. The summed E-state index contributed by atoms with van der Waals surface area (Å²) in [6.45, 7) is 0.202. The highest BCUT2D eigenvalue weighted by Gasteiger charge is 2.10. The quantitative estimate of drug-likeness (QED) is 0.432. The van der Waals surface area contributed by atoms with Crippen molar-refractivity contribution in [3.8, 4) is 12.1 Å². The van der Waals surface area contributed by atoms with E-state index in [1.165, 1.54) is 0 Å². The molecule has 0 saturated heterocycles. The van der Waals surface area contributed by atoms with Crippen molar-refractivity contribution >= 4 is 17.3 Å². The Hall–Kier alpha value is -2.15. The molecule has 0 aromatic heterocycles.